The van der Waals surface area contributed by atoms with Gasteiger partial charge in [-0.3, -0.25) is 0 Å². The molecule has 0 aliphatic rings. The number of allylic oxidation sites excluding steroid dienone is 1. The van der Waals surface area contributed by atoms with Crippen LogP contribution in [0.4, 0.5) is 13.2 Å². The molecule has 0 radical (unpaired) electrons. The predicted molar refractivity (Wildman–Crippen MR) is 63.2 cm³/mol. The molecule has 0 aliphatic heterocycles. The Balaban J connectivity index is 2.49. The van der Waals surface area contributed by atoms with Gasteiger partial charge in [-0.05, 0) is 31.5 Å². The molecule has 0 heterocycles. The lowest BCUT2D eigenvalue weighted by atomic mass is 10.1. The topological polar surface area (TPSA) is 18.5 Å². The lowest BCUT2D eigenvalue weighted by Crippen LogP contribution is -2.25. The summed E-state index contributed by atoms with van der Waals surface area (Å²) in [6.45, 7) is 5.74. The van der Waals surface area contributed by atoms with Gasteiger partial charge < -0.3 is 9.47 Å². The van der Waals surface area contributed by atoms with Crippen LogP contribution in [-0.2, 0) is 4.74 Å². The quantitative estimate of drug-likeness (QED) is 0.744. The van der Waals surface area contributed by atoms with Gasteiger partial charge in [0, 0.05) is 0 Å². The monoisotopic (exact) mass is 260 g/mol. The lowest BCUT2D eigenvalue weighted by Gasteiger charge is -2.16. The van der Waals surface area contributed by atoms with Gasteiger partial charge in [-0.2, -0.15) is 13.2 Å². The molecule has 0 N–H and O–H groups in total. The molecule has 1 atom stereocenters. The normalized spacial score (nSPS) is 13.2. The molecular weight excluding hydrogens is 245 g/mol. The van der Waals surface area contributed by atoms with Crippen molar-refractivity contribution in [2.75, 3.05) is 6.61 Å². The van der Waals surface area contributed by atoms with Crippen molar-refractivity contribution in [3.8, 4) is 5.75 Å². The van der Waals surface area contributed by atoms with Crippen LogP contribution in [0.2, 0.25) is 0 Å². The van der Waals surface area contributed by atoms with E-state index in [0.717, 1.165) is 11.1 Å². The van der Waals surface area contributed by atoms with Crippen LogP contribution in [0.15, 0.2) is 30.8 Å². The highest BCUT2D eigenvalue weighted by Crippen LogP contribution is 2.20. The van der Waals surface area contributed by atoms with Crippen molar-refractivity contribution in [1.82, 2.24) is 0 Å². The highest BCUT2D eigenvalue weighted by molar-refractivity contribution is 5.61. The first kappa shape index (κ1) is 14.6. The lowest BCUT2D eigenvalue weighted by molar-refractivity contribution is -0.206. The summed E-state index contributed by atoms with van der Waals surface area (Å²) in [4.78, 5) is 0. The maximum atomic E-state index is 11.9. The van der Waals surface area contributed by atoms with E-state index >= 15 is 0 Å². The van der Waals surface area contributed by atoms with Gasteiger partial charge in [0.1, 0.15) is 12.4 Å². The van der Waals surface area contributed by atoms with E-state index in [9.17, 15) is 13.2 Å². The largest absolute Gasteiger partial charge is 0.465 e. The Morgan fingerprint density at radius 2 is 1.83 bits per heavy atom. The molecule has 0 aromatic heterocycles. The molecule has 0 saturated heterocycles. The van der Waals surface area contributed by atoms with Gasteiger partial charge in [0.15, 0.2) is 6.29 Å². The molecule has 0 saturated carbocycles. The van der Waals surface area contributed by atoms with Crippen molar-refractivity contribution in [3.63, 3.8) is 0 Å². The van der Waals surface area contributed by atoms with Crippen LogP contribution in [0.5, 0.6) is 5.75 Å². The SMILES string of the molecule is C=C(C)c1ccc(OC(C)OCC(F)(F)F)cc1. The summed E-state index contributed by atoms with van der Waals surface area (Å²) in [5.41, 5.74) is 1.86. The van der Waals surface area contributed by atoms with Crippen LogP contribution in [0.1, 0.15) is 19.4 Å². The van der Waals surface area contributed by atoms with Crippen molar-refractivity contribution >= 4 is 5.57 Å². The maximum Gasteiger partial charge on any atom is 0.411 e. The average molecular weight is 260 g/mol. The van der Waals surface area contributed by atoms with Gasteiger partial charge >= 0.3 is 6.18 Å². The van der Waals surface area contributed by atoms with E-state index in [1.54, 1.807) is 24.3 Å². The van der Waals surface area contributed by atoms with Crippen LogP contribution < -0.4 is 4.74 Å². The second-order valence-electron chi connectivity index (χ2n) is 3.92. The first-order chi connectivity index (χ1) is 8.28. The molecule has 1 rings (SSSR count). The summed E-state index contributed by atoms with van der Waals surface area (Å²) >= 11 is 0. The van der Waals surface area contributed by atoms with Crippen molar-refractivity contribution in [2.45, 2.75) is 26.3 Å². The molecule has 2 nitrogen and oxygen atoms in total. The van der Waals surface area contributed by atoms with Crippen LogP contribution in [0.3, 0.4) is 0 Å². The van der Waals surface area contributed by atoms with Crippen molar-refractivity contribution in [2.24, 2.45) is 0 Å². The predicted octanol–water partition coefficient (Wildman–Crippen LogP) is 4.02. The van der Waals surface area contributed by atoms with Crippen LogP contribution >= 0.6 is 0 Å². The number of ether oxygens (including phenoxy) is 2. The van der Waals surface area contributed by atoms with Crippen molar-refractivity contribution < 1.29 is 22.6 Å². The van der Waals surface area contributed by atoms with E-state index < -0.39 is 19.1 Å². The molecule has 1 aromatic carbocycles. The zero-order valence-corrected chi connectivity index (χ0v) is 10.3. The standard InChI is InChI=1S/C13H15F3O2/c1-9(2)11-4-6-12(7-5-11)18-10(3)17-8-13(14,15)16/h4-7,10H,1,8H2,2-3H3. The van der Waals surface area contributed by atoms with Crippen molar-refractivity contribution in [3.05, 3.63) is 36.4 Å². The Hall–Kier alpha value is -1.49. The first-order valence-corrected chi connectivity index (χ1v) is 5.39. The van der Waals surface area contributed by atoms with Gasteiger partial charge in [-0.15, -0.1) is 0 Å². The molecule has 0 spiro atoms. The number of halogens is 3. The third kappa shape index (κ3) is 5.23. The first-order valence-electron chi connectivity index (χ1n) is 5.39. The average Bonchev–Trinajstić information content (AvgIpc) is 2.26. The minimum Gasteiger partial charge on any atom is -0.465 e. The Morgan fingerprint density at radius 1 is 1.28 bits per heavy atom. The molecular formula is C13H15F3O2. The van der Waals surface area contributed by atoms with E-state index in [1.165, 1.54) is 6.92 Å². The second-order valence-corrected chi connectivity index (χ2v) is 3.92. The molecule has 0 fully saturated rings. The molecule has 0 bridgehead atoms. The van der Waals surface area contributed by atoms with Crippen LogP contribution in [0.25, 0.3) is 5.57 Å². The summed E-state index contributed by atoms with van der Waals surface area (Å²) in [6, 6.07) is 6.90. The third-order valence-electron chi connectivity index (χ3n) is 2.13. The highest BCUT2D eigenvalue weighted by atomic mass is 19.4. The molecule has 5 heteroatoms. The molecule has 18 heavy (non-hydrogen) atoms. The van der Waals surface area contributed by atoms with E-state index in [-0.39, 0.29) is 0 Å². The number of alkyl halides is 3. The van der Waals surface area contributed by atoms with E-state index in [0.29, 0.717) is 5.75 Å². The summed E-state index contributed by atoms with van der Waals surface area (Å²) in [6.07, 6.45) is -5.30. The summed E-state index contributed by atoms with van der Waals surface area (Å²) in [5, 5.41) is 0. The minimum atomic E-state index is -4.35. The number of benzene rings is 1. The third-order valence-corrected chi connectivity index (χ3v) is 2.13. The number of hydrogen-bond acceptors (Lipinski definition) is 2. The number of rotatable bonds is 5. The molecule has 0 aliphatic carbocycles. The summed E-state index contributed by atoms with van der Waals surface area (Å²) < 4.78 is 45.4. The van der Waals surface area contributed by atoms with E-state index in [4.69, 9.17) is 4.74 Å². The van der Waals surface area contributed by atoms with Crippen LogP contribution in [0, 0.1) is 0 Å². The smallest absolute Gasteiger partial charge is 0.411 e. The molecule has 1 unspecified atom stereocenters. The molecule has 0 amide bonds. The van der Waals surface area contributed by atoms with Gasteiger partial charge in [0.05, 0.1) is 0 Å². The Labute approximate surface area is 104 Å². The van der Waals surface area contributed by atoms with E-state index in [2.05, 4.69) is 11.3 Å². The van der Waals surface area contributed by atoms with Gasteiger partial charge in [-0.1, -0.05) is 24.3 Å². The second kappa shape index (κ2) is 5.91. The van der Waals surface area contributed by atoms with Crippen LogP contribution in [-0.4, -0.2) is 19.1 Å². The molecule has 100 valence electrons. The summed E-state index contributed by atoms with van der Waals surface area (Å²) in [5.74, 6) is 0.453. The van der Waals surface area contributed by atoms with Gasteiger partial charge in [0.25, 0.3) is 0 Å². The fraction of sp³-hybridized carbons (Fsp3) is 0.385. The Kier molecular flexibility index (Phi) is 4.78. The van der Waals surface area contributed by atoms with Gasteiger partial charge in [0.2, 0.25) is 0 Å². The minimum absolute atomic E-state index is 0.453. The fourth-order valence-electron chi connectivity index (χ4n) is 1.26. The summed E-state index contributed by atoms with van der Waals surface area (Å²) in [7, 11) is 0. The fourth-order valence-corrected chi connectivity index (χ4v) is 1.26. The zero-order chi connectivity index (χ0) is 13.8. The maximum absolute atomic E-state index is 11.9. The van der Waals surface area contributed by atoms with Crippen molar-refractivity contribution in [1.29, 1.82) is 0 Å². The van der Waals surface area contributed by atoms with E-state index in [1.807, 2.05) is 6.92 Å². The zero-order valence-electron chi connectivity index (χ0n) is 10.3. The molecule has 1 aromatic rings. The Bertz CT molecular complexity index is 396. The Morgan fingerprint density at radius 3 is 2.28 bits per heavy atom. The van der Waals surface area contributed by atoms with Gasteiger partial charge in [-0.25, -0.2) is 0 Å². The number of hydrogen-bond donors (Lipinski definition) is 0. The highest BCUT2D eigenvalue weighted by Gasteiger charge is 2.28.